The molecule has 0 spiro atoms. The number of carbonyl (C=O) groups excluding carboxylic acids is 2. The number of carboxylic acids is 1. The van der Waals surface area contributed by atoms with Crippen LogP contribution in [-0.2, 0) is 14.8 Å². The summed E-state index contributed by atoms with van der Waals surface area (Å²) >= 11 is 0. The highest BCUT2D eigenvalue weighted by Gasteiger charge is 2.25. The molecular formula is C12H13N3O6S. The minimum atomic E-state index is -3.64. The van der Waals surface area contributed by atoms with E-state index in [1.54, 1.807) is 0 Å². The number of hydrogen-bond acceptors (Lipinski definition) is 5. The quantitative estimate of drug-likeness (QED) is 0.723. The van der Waals surface area contributed by atoms with E-state index in [-0.39, 0.29) is 29.9 Å². The van der Waals surface area contributed by atoms with Crippen LogP contribution in [-0.4, -0.2) is 44.2 Å². The summed E-state index contributed by atoms with van der Waals surface area (Å²) in [5, 5.41) is 11.3. The summed E-state index contributed by atoms with van der Waals surface area (Å²) in [5.41, 5.74) is -0.152. The molecule has 1 saturated heterocycles. The lowest BCUT2D eigenvalue weighted by molar-refractivity contribution is -0.120. The van der Waals surface area contributed by atoms with Crippen molar-refractivity contribution in [2.75, 3.05) is 22.4 Å². The molecule has 0 saturated carbocycles. The summed E-state index contributed by atoms with van der Waals surface area (Å²) in [6.45, 7) is 0.114. The maximum Gasteiger partial charge on any atom is 0.337 e. The molecule has 2 rings (SSSR count). The van der Waals surface area contributed by atoms with Gasteiger partial charge in [-0.1, -0.05) is 0 Å². The van der Waals surface area contributed by atoms with Crippen LogP contribution in [0.1, 0.15) is 16.8 Å². The lowest BCUT2D eigenvalue weighted by Crippen LogP contribution is -2.49. The number of aromatic carboxylic acids is 1. The molecule has 0 aliphatic carbocycles. The van der Waals surface area contributed by atoms with Crippen LogP contribution in [0.2, 0.25) is 0 Å². The third-order valence-electron chi connectivity index (χ3n) is 2.89. The van der Waals surface area contributed by atoms with Crippen LogP contribution in [0.15, 0.2) is 18.2 Å². The second-order valence-corrected chi connectivity index (χ2v) is 6.41. The Labute approximate surface area is 126 Å². The first-order chi connectivity index (χ1) is 10.2. The summed E-state index contributed by atoms with van der Waals surface area (Å²) in [5.74, 6) is -1.75. The van der Waals surface area contributed by atoms with Crippen molar-refractivity contribution in [2.45, 2.75) is 6.42 Å². The first kappa shape index (κ1) is 15.8. The standard InChI is InChI=1S/C12H13N3O6S/c1-22(20,21)14-9-3-2-7(6-8(9)11(17)18)15-5-4-10(16)13-12(15)19/h2-3,6,14H,4-5H2,1H3,(H,17,18)(H,13,16,19). The Hall–Kier alpha value is -2.62. The van der Waals surface area contributed by atoms with E-state index in [1.807, 2.05) is 0 Å². The molecule has 0 aromatic heterocycles. The smallest absolute Gasteiger partial charge is 0.337 e. The molecule has 0 radical (unpaired) electrons. The zero-order valence-corrected chi connectivity index (χ0v) is 12.3. The Balaban J connectivity index is 2.39. The Morgan fingerprint density at radius 2 is 2.05 bits per heavy atom. The number of sulfonamides is 1. The van der Waals surface area contributed by atoms with Crippen molar-refractivity contribution in [2.24, 2.45) is 0 Å². The molecule has 1 aromatic rings. The van der Waals surface area contributed by atoms with Crippen LogP contribution in [0.4, 0.5) is 16.2 Å². The zero-order valence-electron chi connectivity index (χ0n) is 11.5. The molecule has 1 aromatic carbocycles. The number of urea groups is 1. The fourth-order valence-corrected chi connectivity index (χ4v) is 2.55. The van der Waals surface area contributed by atoms with E-state index in [0.717, 1.165) is 6.26 Å². The SMILES string of the molecule is CS(=O)(=O)Nc1ccc(N2CCC(=O)NC2=O)cc1C(=O)O. The summed E-state index contributed by atoms with van der Waals surface area (Å²) in [6.07, 6.45) is 0.994. The van der Waals surface area contributed by atoms with Gasteiger partial charge in [-0.25, -0.2) is 18.0 Å². The predicted molar refractivity (Wildman–Crippen MR) is 77.4 cm³/mol. The molecule has 0 bridgehead atoms. The Bertz CT molecular complexity index is 758. The van der Waals surface area contributed by atoms with Gasteiger partial charge >= 0.3 is 12.0 Å². The number of nitrogens with one attached hydrogen (secondary N) is 2. The summed E-state index contributed by atoms with van der Waals surface area (Å²) in [4.78, 5) is 35.3. The number of anilines is 2. The number of hydrogen-bond donors (Lipinski definition) is 3. The molecule has 0 unspecified atom stereocenters. The lowest BCUT2D eigenvalue weighted by Gasteiger charge is -2.27. The van der Waals surface area contributed by atoms with Gasteiger partial charge in [-0.3, -0.25) is 19.7 Å². The van der Waals surface area contributed by atoms with Gasteiger partial charge in [-0.2, -0.15) is 0 Å². The molecule has 3 N–H and O–H groups in total. The summed E-state index contributed by atoms with van der Waals surface area (Å²) < 4.78 is 24.6. The minimum absolute atomic E-state index is 0.0947. The van der Waals surface area contributed by atoms with E-state index in [1.165, 1.54) is 23.1 Å². The Kier molecular flexibility index (Phi) is 4.04. The molecule has 22 heavy (non-hydrogen) atoms. The normalized spacial score (nSPS) is 15.4. The van der Waals surface area contributed by atoms with Crippen LogP contribution >= 0.6 is 0 Å². The van der Waals surface area contributed by atoms with E-state index >= 15 is 0 Å². The number of imide groups is 1. The molecule has 3 amide bonds. The maximum atomic E-state index is 11.7. The Morgan fingerprint density at radius 3 is 2.59 bits per heavy atom. The number of rotatable bonds is 4. The third-order valence-corrected chi connectivity index (χ3v) is 3.49. The molecular weight excluding hydrogens is 314 g/mol. The largest absolute Gasteiger partial charge is 0.478 e. The first-order valence-corrected chi connectivity index (χ1v) is 8.03. The molecule has 118 valence electrons. The third kappa shape index (κ3) is 3.52. The van der Waals surface area contributed by atoms with Gasteiger partial charge in [0, 0.05) is 18.7 Å². The topological polar surface area (TPSA) is 133 Å². The van der Waals surface area contributed by atoms with E-state index in [4.69, 9.17) is 0 Å². The van der Waals surface area contributed by atoms with Crippen molar-refractivity contribution in [3.05, 3.63) is 23.8 Å². The molecule has 1 aliphatic heterocycles. The van der Waals surface area contributed by atoms with Crippen LogP contribution in [0, 0.1) is 0 Å². The van der Waals surface area contributed by atoms with Gasteiger partial charge in [0.05, 0.1) is 17.5 Å². The van der Waals surface area contributed by atoms with Crippen molar-refractivity contribution < 1.29 is 27.9 Å². The van der Waals surface area contributed by atoms with Crippen molar-refractivity contribution in [3.8, 4) is 0 Å². The van der Waals surface area contributed by atoms with Gasteiger partial charge < -0.3 is 5.11 Å². The van der Waals surface area contributed by atoms with Crippen LogP contribution in [0.25, 0.3) is 0 Å². The van der Waals surface area contributed by atoms with Crippen molar-refractivity contribution in [1.82, 2.24) is 5.32 Å². The van der Waals surface area contributed by atoms with Crippen molar-refractivity contribution in [3.63, 3.8) is 0 Å². The molecule has 1 heterocycles. The van der Waals surface area contributed by atoms with E-state index in [9.17, 15) is 27.9 Å². The number of carboxylic acid groups (broad SMARTS) is 1. The Morgan fingerprint density at radius 1 is 1.36 bits per heavy atom. The van der Waals surface area contributed by atoms with Crippen molar-refractivity contribution >= 4 is 39.3 Å². The molecule has 10 heteroatoms. The van der Waals surface area contributed by atoms with Crippen LogP contribution in [0.5, 0.6) is 0 Å². The summed E-state index contributed by atoms with van der Waals surface area (Å²) in [7, 11) is -3.64. The number of amides is 3. The monoisotopic (exact) mass is 327 g/mol. The van der Waals surface area contributed by atoms with Gasteiger partial charge in [0.2, 0.25) is 15.9 Å². The van der Waals surface area contributed by atoms with Crippen LogP contribution in [0.3, 0.4) is 0 Å². The lowest BCUT2D eigenvalue weighted by atomic mass is 10.1. The zero-order chi connectivity index (χ0) is 16.5. The number of benzene rings is 1. The minimum Gasteiger partial charge on any atom is -0.478 e. The van der Waals surface area contributed by atoms with Gasteiger partial charge in [0.1, 0.15) is 0 Å². The number of nitrogens with zero attached hydrogens (tertiary/aromatic N) is 1. The average molecular weight is 327 g/mol. The highest BCUT2D eigenvalue weighted by molar-refractivity contribution is 7.92. The average Bonchev–Trinajstić information content (AvgIpc) is 2.37. The van der Waals surface area contributed by atoms with E-state index in [2.05, 4.69) is 10.0 Å². The summed E-state index contributed by atoms with van der Waals surface area (Å²) in [6, 6.07) is 3.17. The van der Waals surface area contributed by atoms with Gasteiger partial charge in [-0.05, 0) is 18.2 Å². The molecule has 1 fully saturated rings. The van der Waals surface area contributed by atoms with Gasteiger partial charge in [0.25, 0.3) is 0 Å². The maximum absolute atomic E-state index is 11.7. The molecule has 0 atom stereocenters. The highest BCUT2D eigenvalue weighted by Crippen LogP contribution is 2.25. The van der Waals surface area contributed by atoms with Crippen LogP contribution < -0.4 is 14.9 Å². The molecule has 1 aliphatic rings. The second kappa shape index (κ2) is 5.64. The van der Waals surface area contributed by atoms with Gasteiger partial charge in [0.15, 0.2) is 0 Å². The van der Waals surface area contributed by atoms with E-state index < -0.39 is 27.9 Å². The fourth-order valence-electron chi connectivity index (χ4n) is 1.98. The van der Waals surface area contributed by atoms with Gasteiger partial charge in [-0.15, -0.1) is 0 Å². The first-order valence-electron chi connectivity index (χ1n) is 6.14. The molecule has 9 nitrogen and oxygen atoms in total. The fraction of sp³-hybridized carbons (Fsp3) is 0.250. The second-order valence-electron chi connectivity index (χ2n) is 4.66. The highest BCUT2D eigenvalue weighted by atomic mass is 32.2. The number of carbonyl (C=O) groups is 3. The van der Waals surface area contributed by atoms with E-state index in [0.29, 0.717) is 0 Å². The predicted octanol–water partition coefficient (Wildman–Crippen LogP) is 0.203. The van der Waals surface area contributed by atoms with Crippen molar-refractivity contribution in [1.29, 1.82) is 0 Å².